The van der Waals surface area contributed by atoms with Crippen LogP contribution in [0.25, 0.3) is 0 Å². The van der Waals surface area contributed by atoms with Gasteiger partial charge in [0.25, 0.3) is 5.91 Å². The maximum Gasteiger partial charge on any atom is 0.268 e. The van der Waals surface area contributed by atoms with E-state index in [2.05, 4.69) is 15.6 Å². The highest BCUT2D eigenvalue weighted by molar-refractivity contribution is 5.92. The number of aromatic amines is 1. The van der Waals surface area contributed by atoms with E-state index in [1.54, 1.807) is 18.3 Å². The van der Waals surface area contributed by atoms with Crippen LogP contribution in [0.2, 0.25) is 0 Å². The van der Waals surface area contributed by atoms with E-state index in [-0.39, 0.29) is 42.0 Å². The number of rotatable bonds is 4. The lowest BCUT2D eigenvalue weighted by Gasteiger charge is -2.18. The summed E-state index contributed by atoms with van der Waals surface area (Å²) in [5.41, 5.74) is 0.514. The number of hydrogen-bond acceptors (Lipinski definition) is 4. The van der Waals surface area contributed by atoms with Crippen molar-refractivity contribution in [2.24, 2.45) is 5.92 Å². The molecule has 7 nitrogen and oxygen atoms in total. The van der Waals surface area contributed by atoms with Gasteiger partial charge in [0, 0.05) is 12.1 Å². The number of fused-ring (bicyclic) bond motifs is 1. The summed E-state index contributed by atoms with van der Waals surface area (Å²) in [5, 5.41) is 5.93. The van der Waals surface area contributed by atoms with E-state index in [1.807, 2.05) is 0 Å². The Kier molecular flexibility index (Phi) is 3.38. The molecule has 7 heteroatoms. The van der Waals surface area contributed by atoms with Gasteiger partial charge in [-0.3, -0.25) is 9.59 Å². The van der Waals surface area contributed by atoms with Crippen molar-refractivity contribution in [1.29, 1.82) is 0 Å². The summed E-state index contributed by atoms with van der Waals surface area (Å²) in [6, 6.07) is 3.18. The Hall–Kier alpha value is -1.86. The molecule has 3 heterocycles. The molecule has 0 aromatic carbocycles. The molecule has 118 valence electrons. The van der Waals surface area contributed by atoms with Gasteiger partial charge in [-0.2, -0.15) is 0 Å². The molecule has 2 amide bonds. The van der Waals surface area contributed by atoms with E-state index in [1.165, 1.54) is 0 Å². The Balaban J connectivity index is 1.35. The second-order valence-corrected chi connectivity index (χ2v) is 6.15. The third kappa shape index (κ3) is 2.50. The summed E-state index contributed by atoms with van der Waals surface area (Å²) in [6.07, 6.45) is 3.27. The van der Waals surface area contributed by atoms with E-state index >= 15 is 0 Å². The smallest absolute Gasteiger partial charge is 0.268 e. The molecule has 2 aliphatic heterocycles. The number of hydrogen-bond donors (Lipinski definition) is 3. The molecular formula is C15H19N3O4. The van der Waals surface area contributed by atoms with Gasteiger partial charge < -0.3 is 25.1 Å². The largest absolute Gasteiger partial charge is 0.371 e. The van der Waals surface area contributed by atoms with Crippen LogP contribution in [0, 0.1) is 5.92 Å². The van der Waals surface area contributed by atoms with Crippen LogP contribution in [-0.2, 0) is 14.3 Å². The van der Waals surface area contributed by atoms with Crippen LogP contribution >= 0.6 is 0 Å². The highest BCUT2D eigenvalue weighted by Gasteiger charge is 2.49. The first-order valence-electron chi connectivity index (χ1n) is 7.70. The highest BCUT2D eigenvalue weighted by atomic mass is 16.6. The van der Waals surface area contributed by atoms with E-state index in [0.717, 1.165) is 12.8 Å². The Morgan fingerprint density at radius 2 is 1.77 bits per heavy atom. The Labute approximate surface area is 127 Å². The molecule has 1 saturated carbocycles. The zero-order chi connectivity index (χ0) is 15.1. The third-order valence-corrected chi connectivity index (χ3v) is 4.49. The average Bonchev–Trinajstić information content (AvgIpc) is 2.93. The maximum atomic E-state index is 12.1. The number of ether oxygens (including phenoxy) is 2. The second kappa shape index (κ2) is 5.40. The molecule has 2 saturated heterocycles. The molecule has 1 aromatic heterocycles. The predicted octanol–water partition coefficient (Wildman–Crippen LogP) is -0.194. The number of H-pyrrole nitrogens is 1. The van der Waals surface area contributed by atoms with Crippen molar-refractivity contribution in [3.63, 3.8) is 0 Å². The maximum absolute atomic E-state index is 12.1. The number of nitrogens with one attached hydrogen (secondary N) is 3. The molecule has 0 bridgehead atoms. The molecule has 0 radical (unpaired) electrons. The van der Waals surface area contributed by atoms with Crippen LogP contribution in [0.5, 0.6) is 0 Å². The lowest BCUT2D eigenvalue weighted by molar-refractivity contribution is -0.123. The normalized spacial score (nSPS) is 33.5. The fourth-order valence-electron chi connectivity index (χ4n) is 3.11. The number of amides is 2. The highest BCUT2D eigenvalue weighted by Crippen LogP contribution is 2.31. The van der Waals surface area contributed by atoms with Gasteiger partial charge >= 0.3 is 0 Å². The van der Waals surface area contributed by atoms with Gasteiger partial charge in [0.1, 0.15) is 17.9 Å². The first kappa shape index (κ1) is 13.8. The summed E-state index contributed by atoms with van der Waals surface area (Å²) >= 11 is 0. The molecule has 3 fully saturated rings. The third-order valence-electron chi connectivity index (χ3n) is 4.49. The summed E-state index contributed by atoms with van der Waals surface area (Å²) in [6.45, 7) is 0.834. The monoisotopic (exact) mass is 305 g/mol. The second-order valence-electron chi connectivity index (χ2n) is 6.15. The molecule has 1 aliphatic carbocycles. The fourth-order valence-corrected chi connectivity index (χ4v) is 3.11. The van der Waals surface area contributed by atoms with Crippen molar-refractivity contribution in [3.05, 3.63) is 24.0 Å². The van der Waals surface area contributed by atoms with Crippen LogP contribution in [0.3, 0.4) is 0 Å². The molecule has 1 aromatic rings. The minimum Gasteiger partial charge on any atom is -0.371 e. The van der Waals surface area contributed by atoms with Crippen LogP contribution in [0.4, 0.5) is 0 Å². The van der Waals surface area contributed by atoms with Crippen LogP contribution in [0.1, 0.15) is 23.3 Å². The summed E-state index contributed by atoms with van der Waals surface area (Å²) < 4.78 is 11.5. The summed E-state index contributed by atoms with van der Waals surface area (Å²) in [5.74, 6) is 0.0915. The van der Waals surface area contributed by atoms with Crippen molar-refractivity contribution >= 4 is 11.8 Å². The topological polar surface area (TPSA) is 92.5 Å². The molecule has 22 heavy (non-hydrogen) atoms. The van der Waals surface area contributed by atoms with Gasteiger partial charge in [-0.05, 0) is 25.0 Å². The van der Waals surface area contributed by atoms with Gasteiger partial charge in [0.15, 0.2) is 0 Å². The van der Waals surface area contributed by atoms with E-state index in [0.29, 0.717) is 18.9 Å². The fraction of sp³-hybridized carbons (Fsp3) is 0.600. The molecule has 4 atom stereocenters. The van der Waals surface area contributed by atoms with Crippen molar-refractivity contribution in [3.8, 4) is 0 Å². The lowest BCUT2D eigenvalue weighted by atomic mass is 10.1. The number of aromatic nitrogens is 1. The van der Waals surface area contributed by atoms with Crippen LogP contribution in [-0.4, -0.2) is 54.3 Å². The van der Waals surface area contributed by atoms with Crippen molar-refractivity contribution in [2.45, 2.75) is 37.1 Å². The van der Waals surface area contributed by atoms with Crippen molar-refractivity contribution < 1.29 is 19.1 Å². The quantitative estimate of drug-likeness (QED) is 0.718. The molecule has 0 spiro atoms. The zero-order valence-corrected chi connectivity index (χ0v) is 12.1. The lowest BCUT2D eigenvalue weighted by Crippen LogP contribution is -2.47. The Bertz CT molecular complexity index is 569. The van der Waals surface area contributed by atoms with Gasteiger partial charge in [-0.15, -0.1) is 0 Å². The Morgan fingerprint density at radius 3 is 2.36 bits per heavy atom. The first-order valence-corrected chi connectivity index (χ1v) is 7.70. The van der Waals surface area contributed by atoms with Crippen LogP contribution < -0.4 is 10.6 Å². The summed E-state index contributed by atoms with van der Waals surface area (Å²) in [4.78, 5) is 26.8. The van der Waals surface area contributed by atoms with E-state index in [9.17, 15) is 9.59 Å². The van der Waals surface area contributed by atoms with Gasteiger partial charge in [-0.1, -0.05) is 0 Å². The zero-order valence-electron chi connectivity index (χ0n) is 12.1. The summed E-state index contributed by atoms with van der Waals surface area (Å²) in [7, 11) is 0. The predicted molar refractivity (Wildman–Crippen MR) is 76.2 cm³/mol. The van der Waals surface area contributed by atoms with Crippen molar-refractivity contribution in [1.82, 2.24) is 15.6 Å². The van der Waals surface area contributed by atoms with Crippen LogP contribution in [0.15, 0.2) is 18.3 Å². The molecule has 3 aliphatic rings. The minimum absolute atomic E-state index is 0.0942. The molecular weight excluding hydrogens is 286 g/mol. The molecule has 3 N–H and O–H groups in total. The minimum atomic E-state index is -0.205. The van der Waals surface area contributed by atoms with E-state index in [4.69, 9.17) is 9.47 Å². The van der Waals surface area contributed by atoms with Gasteiger partial charge in [0.05, 0.1) is 25.3 Å². The first-order chi connectivity index (χ1) is 10.7. The standard InChI is InChI=1S/C15H19N3O4/c19-14(8-3-4-8)17-10-6-21-13-11(7-22-12(10)13)18-15(20)9-2-1-5-16-9/h1-2,5,8,10-13,16H,3-4,6-7H2,(H,17,19)(H,18,20). The molecule has 4 unspecified atom stereocenters. The number of carbonyl (C=O) groups excluding carboxylic acids is 2. The van der Waals surface area contributed by atoms with E-state index < -0.39 is 0 Å². The van der Waals surface area contributed by atoms with Gasteiger partial charge in [0.2, 0.25) is 5.91 Å². The number of carbonyl (C=O) groups is 2. The SMILES string of the molecule is O=C(NC1COC2C(NC(=O)C3CC3)COC12)c1ccc[nH]1. The van der Waals surface area contributed by atoms with Gasteiger partial charge in [-0.25, -0.2) is 0 Å². The van der Waals surface area contributed by atoms with Crippen molar-refractivity contribution in [2.75, 3.05) is 13.2 Å². The molecule has 4 rings (SSSR count). The average molecular weight is 305 g/mol. The Morgan fingerprint density at radius 1 is 1.09 bits per heavy atom.